The van der Waals surface area contributed by atoms with Gasteiger partial charge in [0.25, 0.3) is 0 Å². The van der Waals surface area contributed by atoms with Crippen LogP contribution >= 0.6 is 0 Å². The van der Waals surface area contributed by atoms with E-state index in [0.29, 0.717) is 0 Å². The molecule has 0 saturated heterocycles. The standard InChI is InChI=1S/C54H41N3O/c1-53(30-35-27-34-28-36(31-53)49(34)35)52-56-50(55-51(57-52)42-20-12-14-32-13-2-3-15-37(32)42)41-19-5-4-16-38(41)33-25-26-46-48(29-33)58-47-24-11-10-23-45(47)54(46)43-21-8-6-17-39(43)40-18-7-9-22-44(40)54/h2-26,29,34-36,49H,27-28,30-31H2,1H3/t34-,35-,36?,49?,53?/m1/s1. The summed E-state index contributed by atoms with van der Waals surface area (Å²) in [6, 6.07) is 56.9. The number of aromatic nitrogens is 3. The fourth-order valence-electron chi connectivity index (χ4n) is 12.4. The summed E-state index contributed by atoms with van der Waals surface area (Å²) in [7, 11) is 0. The van der Waals surface area contributed by atoms with Crippen LogP contribution in [0.15, 0.2) is 158 Å². The number of ether oxygens (including phenoxy) is 1. The Balaban J connectivity index is 0.996. The minimum absolute atomic E-state index is 0.0988. The predicted molar refractivity (Wildman–Crippen MR) is 231 cm³/mol. The minimum Gasteiger partial charge on any atom is -0.457 e. The van der Waals surface area contributed by atoms with Crippen LogP contribution in [0.1, 0.15) is 60.7 Å². The van der Waals surface area contributed by atoms with Gasteiger partial charge >= 0.3 is 0 Å². The largest absolute Gasteiger partial charge is 0.457 e. The van der Waals surface area contributed by atoms with E-state index in [0.717, 1.165) is 98.7 Å². The topological polar surface area (TPSA) is 47.9 Å². The van der Waals surface area contributed by atoms with E-state index >= 15 is 0 Å². The van der Waals surface area contributed by atoms with Crippen LogP contribution in [0, 0.1) is 23.7 Å². The smallest absolute Gasteiger partial charge is 0.164 e. The predicted octanol–water partition coefficient (Wildman–Crippen LogP) is 12.8. The molecule has 1 aromatic heterocycles. The van der Waals surface area contributed by atoms with Crippen LogP contribution < -0.4 is 4.74 Å². The Morgan fingerprint density at radius 2 is 1.05 bits per heavy atom. The Labute approximate surface area is 338 Å². The van der Waals surface area contributed by atoms with Gasteiger partial charge in [0.05, 0.1) is 5.41 Å². The molecule has 3 unspecified atom stereocenters. The van der Waals surface area contributed by atoms with Crippen molar-refractivity contribution in [1.29, 1.82) is 0 Å². The van der Waals surface area contributed by atoms with Gasteiger partial charge in [0.15, 0.2) is 11.6 Å². The summed E-state index contributed by atoms with van der Waals surface area (Å²) in [5.74, 6) is 7.65. The first-order valence-electron chi connectivity index (χ1n) is 21.0. The molecule has 5 atom stereocenters. The Hall–Kier alpha value is -6.39. The lowest BCUT2D eigenvalue weighted by Gasteiger charge is -2.65. The molecule has 4 heteroatoms. The Bertz CT molecular complexity index is 2950. The van der Waals surface area contributed by atoms with Crippen molar-refractivity contribution in [2.24, 2.45) is 23.7 Å². The molecule has 1 aliphatic heterocycles. The van der Waals surface area contributed by atoms with Gasteiger partial charge in [0.1, 0.15) is 17.3 Å². The Morgan fingerprint density at radius 3 is 1.79 bits per heavy atom. The first-order valence-corrected chi connectivity index (χ1v) is 21.0. The molecule has 3 fully saturated rings. The number of hydrogen-bond acceptors (Lipinski definition) is 4. The van der Waals surface area contributed by atoms with Crippen molar-refractivity contribution in [3.05, 3.63) is 186 Å². The van der Waals surface area contributed by atoms with Crippen LogP contribution in [0.25, 0.3) is 55.8 Å². The number of nitrogens with zero attached hydrogens (tertiary/aromatic N) is 3. The number of hydrogen-bond donors (Lipinski definition) is 0. The van der Waals surface area contributed by atoms with Gasteiger partial charge in [-0.1, -0.05) is 153 Å². The molecular weight excluding hydrogens is 707 g/mol. The molecule has 7 aromatic carbocycles. The van der Waals surface area contributed by atoms with Crippen LogP contribution in [0.3, 0.4) is 0 Å². The van der Waals surface area contributed by atoms with Crippen molar-refractivity contribution >= 4 is 10.8 Å². The number of para-hydroxylation sites is 1. The quantitative estimate of drug-likeness (QED) is 0.180. The van der Waals surface area contributed by atoms with Gasteiger partial charge in [-0.25, -0.2) is 15.0 Å². The molecule has 58 heavy (non-hydrogen) atoms. The van der Waals surface area contributed by atoms with Gasteiger partial charge in [0, 0.05) is 27.7 Å². The van der Waals surface area contributed by atoms with E-state index < -0.39 is 5.41 Å². The van der Waals surface area contributed by atoms with Crippen molar-refractivity contribution in [2.45, 2.75) is 43.4 Å². The molecule has 0 amide bonds. The van der Waals surface area contributed by atoms with Gasteiger partial charge in [-0.2, -0.15) is 0 Å². The second-order valence-electron chi connectivity index (χ2n) is 17.8. The van der Waals surface area contributed by atoms with Gasteiger partial charge in [-0.15, -0.1) is 0 Å². The van der Waals surface area contributed by atoms with E-state index in [4.69, 9.17) is 19.7 Å². The van der Waals surface area contributed by atoms with Crippen molar-refractivity contribution in [2.75, 3.05) is 0 Å². The first-order chi connectivity index (χ1) is 28.6. The average molecular weight is 748 g/mol. The maximum Gasteiger partial charge on any atom is 0.164 e. The maximum atomic E-state index is 6.93. The monoisotopic (exact) mass is 747 g/mol. The van der Waals surface area contributed by atoms with E-state index in [9.17, 15) is 0 Å². The lowest BCUT2D eigenvalue weighted by Crippen LogP contribution is -2.58. The number of fused-ring (bicyclic) bond motifs is 10. The summed E-state index contributed by atoms with van der Waals surface area (Å²) in [4.78, 5) is 16.3. The zero-order valence-electron chi connectivity index (χ0n) is 32.4. The second kappa shape index (κ2) is 11.8. The third kappa shape index (κ3) is 4.38. The SMILES string of the molecule is CC1(c2nc(-c3ccccc3-c3ccc4c(c3)Oc3ccccc3C43c4ccccc4-c4ccccc43)nc(-c3cccc4ccccc34)n2)CC2C[C@H]3C[C@H](C1)C23. The van der Waals surface area contributed by atoms with Crippen LogP contribution in [-0.2, 0) is 10.8 Å². The first kappa shape index (κ1) is 32.7. The molecular formula is C54H41N3O. The fourth-order valence-corrected chi connectivity index (χ4v) is 12.4. The molecule has 8 aromatic rings. The Morgan fingerprint density at radius 1 is 0.483 bits per heavy atom. The number of benzene rings is 7. The average Bonchev–Trinajstić information content (AvgIpc) is 3.55. The lowest BCUT2D eigenvalue weighted by molar-refractivity contribution is -0.142. The van der Waals surface area contributed by atoms with Gasteiger partial charge < -0.3 is 4.74 Å². The molecule has 0 N–H and O–H groups in total. The van der Waals surface area contributed by atoms with Gasteiger partial charge in [-0.3, -0.25) is 0 Å². The summed E-state index contributed by atoms with van der Waals surface area (Å²) < 4.78 is 6.93. The highest BCUT2D eigenvalue weighted by atomic mass is 16.5. The molecule has 13 rings (SSSR count). The van der Waals surface area contributed by atoms with E-state index in [1.54, 1.807) is 0 Å². The third-order valence-electron chi connectivity index (χ3n) is 14.8. The summed E-state index contributed by atoms with van der Waals surface area (Å²) in [5.41, 5.74) is 11.1. The van der Waals surface area contributed by atoms with Gasteiger partial charge in [-0.05, 0) is 106 Å². The molecule has 0 radical (unpaired) electrons. The fraction of sp³-hybridized carbons (Fsp3) is 0.204. The van der Waals surface area contributed by atoms with Crippen LogP contribution in [0.4, 0.5) is 0 Å². The summed E-state index contributed by atoms with van der Waals surface area (Å²) >= 11 is 0. The lowest BCUT2D eigenvalue weighted by atomic mass is 9.40. The highest BCUT2D eigenvalue weighted by Crippen LogP contribution is 2.67. The van der Waals surface area contributed by atoms with Crippen molar-refractivity contribution < 1.29 is 4.74 Å². The van der Waals surface area contributed by atoms with Crippen LogP contribution in [-0.4, -0.2) is 15.0 Å². The zero-order valence-corrected chi connectivity index (χ0v) is 32.4. The zero-order chi connectivity index (χ0) is 38.2. The highest BCUT2D eigenvalue weighted by Gasteiger charge is 2.60. The molecule has 3 saturated carbocycles. The van der Waals surface area contributed by atoms with Crippen molar-refractivity contribution in [3.63, 3.8) is 0 Å². The van der Waals surface area contributed by atoms with E-state index in [1.807, 2.05) is 0 Å². The molecule has 0 bridgehead atoms. The van der Waals surface area contributed by atoms with Crippen LogP contribution in [0.2, 0.25) is 0 Å². The van der Waals surface area contributed by atoms with Crippen molar-refractivity contribution in [3.8, 4) is 56.5 Å². The molecule has 5 aliphatic rings. The van der Waals surface area contributed by atoms with E-state index in [2.05, 4.69) is 165 Å². The summed E-state index contributed by atoms with van der Waals surface area (Å²) in [6.07, 6.45) is 5.05. The van der Waals surface area contributed by atoms with Gasteiger partial charge in [0.2, 0.25) is 0 Å². The molecule has 4 aliphatic carbocycles. The van der Waals surface area contributed by atoms with E-state index in [1.165, 1.54) is 46.0 Å². The molecule has 4 nitrogen and oxygen atoms in total. The molecule has 2 heterocycles. The molecule has 278 valence electrons. The normalized spacial score (nSPS) is 23.7. The summed E-state index contributed by atoms with van der Waals surface area (Å²) in [5, 5.41) is 2.35. The second-order valence-corrected chi connectivity index (χ2v) is 17.8. The van der Waals surface area contributed by atoms with E-state index in [-0.39, 0.29) is 5.41 Å². The number of rotatable bonds is 4. The van der Waals surface area contributed by atoms with Crippen LogP contribution in [0.5, 0.6) is 11.5 Å². The summed E-state index contributed by atoms with van der Waals surface area (Å²) in [6.45, 7) is 2.43. The minimum atomic E-state index is -0.499. The maximum absolute atomic E-state index is 6.93. The Kier molecular flexibility index (Phi) is 6.66. The highest BCUT2D eigenvalue weighted by molar-refractivity contribution is 5.95. The third-order valence-corrected chi connectivity index (χ3v) is 14.8. The molecule has 1 spiro atoms. The van der Waals surface area contributed by atoms with Crippen molar-refractivity contribution in [1.82, 2.24) is 15.0 Å².